The normalized spacial score (nSPS) is 26.5. The van der Waals surface area contributed by atoms with Crippen LogP contribution < -0.4 is 5.32 Å². The molecule has 110 valence electrons. The lowest BCUT2D eigenvalue weighted by Crippen LogP contribution is -2.50. The molecule has 3 nitrogen and oxygen atoms in total. The Morgan fingerprint density at radius 3 is 2.85 bits per heavy atom. The fraction of sp³-hybridized carbons (Fsp3) is 0.562. The van der Waals surface area contributed by atoms with Crippen LogP contribution >= 0.6 is 11.6 Å². The van der Waals surface area contributed by atoms with Crippen molar-refractivity contribution in [3.63, 3.8) is 0 Å². The second-order valence-electron chi connectivity index (χ2n) is 6.12. The number of anilines is 1. The van der Waals surface area contributed by atoms with E-state index in [0.29, 0.717) is 29.7 Å². The molecule has 2 atom stereocenters. The number of rotatable bonds is 4. The van der Waals surface area contributed by atoms with Gasteiger partial charge in [-0.2, -0.15) is 0 Å². The molecule has 4 heteroatoms. The van der Waals surface area contributed by atoms with Gasteiger partial charge in [0, 0.05) is 10.7 Å². The molecule has 1 fully saturated rings. The highest BCUT2D eigenvalue weighted by Gasteiger charge is 2.43. The van der Waals surface area contributed by atoms with Crippen molar-refractivity contribution < 1.29 is 9.90 Å². The zero-order valence-corrected chi connectivity index (χ0v) is 12.8. The lowest BCUT2D eigenvalue weighted by atomic mass is 9.71. The van der Waals surface area contributed by atoms with Gasteiger partial charge < -0.3 is 10.4 Å². The average molecular weight is 296 g/mol. The molecule has 20 heavy (non-hydrogen) atoms. The summed E-state index contributed by atoms with van der Waals surface area (Å²) in [6.07, 6.45) is 3.40. The number of carboxylic acids is 1. The summed E-state index contributed by atoms with van der Waals surface area (Å²) in [6.45, 7) is 4.34. The van der Waals surface area contributed by atoms with E-state index in [1.807, 2.05) is 12.1 Å². The van der Waals surface area contributed by atoms with Crippen LogP contribution in [0.1, 0.15) is 39.5 Å². The van der Waals surface area contributed by atoms with Gasteiger partial charge in [0.1, 0.15) is 5.54 Å². The van der Waals surface area contributed by atoms with Gasteiger partial charge in [-0.1, -0.05) is 37.9 Å². The molecule has 0 heterocycles. The molecule has 2 rings (SSSR count). The van der Waals surface area contributed by atoms with Gasteiger partial charge >= 0.3 is 5.97 Å². The van der Waals surface area contributed by atoms with E-state index in [9.17, 15) is 9.90 Å². The molecule has 1 saturated carbocycles. The van der Waals surface area contributed by atoms with Crippen molar-refractivity contribution in [1.29, 1.82) is 0 Å². The molecule has 1 aliphatic carbocycles. The number of nitrogens with one attached hydrogen (secondary N) is 1. The predicted octanol–water partition coefficient (Wildman–Crippen LogP) is 4.42. The number of hydrogen-bond acceptors (Lipinski definition) is 2. The van der Waals surface area contributed by atoms with Crippen molar-refractivity contribution in [3.8, 4) is 0 Å². The van der Waals surface area contributed by atoms with E-state index in [1.54, 1.807) is 12.1 Å². The first kappa shape index (κ1) is 15.2. The van der Waals surface area contributed by atoms with Crippen LogP contribution in [0, 0.1) is 11.8 Å². The first-order valence-electron chi connectivity index (χ1n) is 7.20. The van der Waals surface area contributed by atoms with Gasteiger partial charge in [0.15, 0.2) is 0 Å². The Labute approximate surface area is 125 Å². The maximum absolute atomic E-state index is 11.8. The smallest absolute Gasteiger partial charge is 0.329 e. The van der Waals surface area contributed by atoms with E-state index in [4.69, 9.17) is 11.6 Å². The van der Waals surface area contributed by atoms with Gasteiger partial charge in [-0.3, -0.25) is 0 Å². The first-order valence-corrected chi connectivity index (χ1v) is 7.58. The first-order chi connectivity index (χ1) is 9.43. The Morgan fingerprint density at radius 2 is 2.25 bits per heavy atom. The average Bonchev–Trinajstić information content (AvgIpc) is 2.38. The molecule has 1 aliphatic rings. The second kappa shape index (κ2) is 6.04. The molecule has 0 aromatic heterocycles. The molecule has 0 aliphatic heterocycles. The Kier molecular flexibility index (Phi) is 4.59. The van der Waals surface area contributed by atoms with E-state index in [2.05, 4.69) is 19.2 Å². The molecule has 0 spiro atoms. The van der Waals surface area contributed by atoms with Crippen molar-refractivity contribution in [2.45, 2.75) is 45.1 Å². The van der Waals surface area contributed by atoms with E-state index >= 15 is 0 Å². The summed E-state index contributed by atoms with van der Waals surface area (Å²) in [5.41, 5.74) is -0.0815. The second-order valence-corrected chi connectivity index (χ2v) is 6.56. The molecule has 0 amide bonds. The summed E-state index contributed by atoms with van der Waals surface area (Å²) in [5, 5.41) is 13.6. The number of halogens is 1. The van der Waals surface area contributed by atoms with Crippen LogP contribution in [0.4, 0.5) is 5.69 Å². The third-order valence-electron chi connectivity index (χ3n) is 4.35. The highest BCUT2D eigenvalue weighted by Crippen LogP contribution is 2.39. The van der Waals surface area contributed by atoms with Gasteiger partial charge in [-0.15, -0.1) is 0 Å². The van der Waals surface area contributed by atoms with Gasteiger partial charge in [0.2, 0.25) is 0 Å². The number of aliphatic carboxylic acids is 1. The molecule has 0 saturated heterocycles. The van der Waals surface area contributed by atoms with E-state index in [-0.39, 0.29) is 0 Å². The molecular formula is C16H22ClNO2. The van der Waals surface area contributed by atoms with Gasteiger partial charge in [-0.05, 0) is 49.3 Å². The van der Waals surface area contributed by atoms with Crippen LogP contribution in [0.5, 0.6) is 0 Å². The Balaban J connectivity index is 2.23. The number of carbonyl (C=O) groups is 1. The van der Waals surface area contributed by atoms with Gasteiger partial charge in [-0.25, -0.2) is 4.79 Å². The fourth-order valence-electron chi connectivity index (χ4n) is 3.09. The van der Waals surface area contributed by atoms with Crippen LogP contribution in [0.2, 0.25) is 5.02 Å². The molecule has 0 radical (unpaired) electrons. The van der Waals surface area contributed by atoms with Crippen LogP contribution in [0.15, 0.2) is 24.3 Å². The topological polar surface area (TPSA) is 49.3 Å². The molecule has 1 aromatic carbocycles. The highest BCUT2D eigenvalue weighted by atomic mass is 35.5. The lowest BCUT2D eigenvalue weighted by molar-refractivity contribution is -0.144. The van der Waals surface area contributed by atoms with E-state index < -0.39 is 11.5 Å². The summed E-state index contributed by atoms with van der Waals surface area (Å²) in [7, 11) is 0. The summed E-state index contributed by atoms with van der Waals surface area (Å²) >= 11 is 5.98. The van der Waals surface area contributed by atoms with Crippen LogP contribution in [-0.2, 0) is 4.79 Å². The highest BCUT2D eigenvalue weighted by molar-refractivity contribution is 6.30. The van der Waals surface area contributed by atoms with Crippen molar-refractivity contribution in [2.75, 3.05) is 5.32 Å². The van der Waals surface area contributed by atoms with Crippen LogP contribution in [0.3, 0.4) is 0 Å². The quantitative estimate of drug-likeness (QED) is 0.864. The molecule has 1 aromatic rings. The number of benzene rings is 1. The third kappa shape index (κ3) is 3.26. The van der Waals surface area contributed by atoms with Crippen molar-refractivity contribution in [3.05, 3.63) is 29.3 Å². The summed E-state index contributed by atoms with van der Waals surface area (Å²) in [5.74, 6) is 0.199. The zero-order valence-electron chi connectivity index (χ0n) is 12.0. The van der Waals surface area contributed by atoms with Crippen molar-refractivity contribution in [2.24, 2.45) is 11.8 Å². The minimum atomic E-state index is -0.863. The summed E-state index contributed by atoms with van der Waals surface area (Å²) < 4.78 is 0. The van der Waals surface area contributed by atoms with Crippen molar-refractivity contribution >= 4 is 23.3 Å². The minimum Gasteiger partial charge on any atom is -0.480 e. The summed E-state index contributed by atoms with van der Waals surface area (Å²) in [6, 6.07) is 7.28. The minimum absolute atomic E-state index is 0.450. The predicted molar refractivity (Wildman–Crippen MR) is 82.2 cm³/mol. The maximum atomic E-state index is 11.8. The lowest BCUT2D eigenvalue weighted by Gasteiger charge is -2.40. The zero-order chi connectivity index (χ0) is 14.8. The van der Waals surface area contributed by atoms with Crippen LogP contribution in [0.25, 0.3) is 0 Å². The largest absolute Gasteiger partial charge is 0.480 e. The maximum Gasteiger partial charge on any atom is 0.329 e. The standard InChI is InChI=1S/C16H22ClNO2/c1-11(2)12-5-4-8-16(10-12,15(19)20)18-14-7-3-6-13(17)9-14/h3,6-7,9,11-12,18H,4-5,8,10H2,1-2H3,(H,19,20). The van der Waals surface area contributed by atoms with E-state index in [1.165, 1.54) is 0 Å². The molecule has 2 unspecified atom stereocenters. The summed E-state index contributed by atoms with van der Waals surface area (Å²) in [4.78, 5) is 11.8. The number of carboxylic acid groups (broad SMARTS) is 1. The Hall–Kier alpha value is -1.22. The fourth-order valence-corrected chi connectivity index (χ4v) is 3.28. The SMILES string of the molecule is CC(C)C1CCCC(Nc2cccc(Cl)c2)(C(=O)O)C1. The third-order valence-corrected chi connectivity index (χ3v) is 4.58. The van der Waals surface area contributed by atoms with Crippen molar-refractivity contribution in [1.82, 2.24) is 0 Å². The Bertz CT molecular complexity index is 489. The van der Waals surface area contributed by atoms with Gasteiger partial charge in [0.25, 0.3) is 0 Å². The van der Waals surface area contributed by atoms with Gasteiger partial charge in [0.05, 0.1) is 0 Å². The Morgan fingerprint density at radius 1 is 1.50 bits per heavy atom. The molecule has 0 bridgehead atoms. The molecular weight excluding hydrogens is 274 g/mol. The number of hydrogen-bond donors (Lipinski definition) is 2. The van der Waals surface area contributed by atoms with Crippen LogP contribution in [-0.4, -0.2) is 16.6 Å². The van der Waals surface area contributed by atoms with E-state index in [0.717, 1.165) is 18.5 Å². The monoisotopic (exact) mass is 295 g/mol. The molecule has 2 N–H and O–H groups in total.